The Morgan fingerprint density at radius 3 is 2.48 bits per heavy atom. The quantitative estimate of drug-likeness (QED) is 0.577. The van der Waals surface area contributed by atoms with E-state index in [1.807, 2.05) is 44.2 Å². The molecule has 0 bridgehead atoms. The van der Waals surface area contributed by atoms with Crippen molar-refractivity contribution in [2.45, 2.75) is 27.2 Å². The first-order valence-electron chi connectivity index (χ1n) is 9.35. The van der Waals surface area contributed by atoms with Gasteiger partial charge in [-0.3, -0.25) is 9.59 Å². The normalized spacial score (nSPS) is 10.6. The van der Waals surface area contributed by atoms with Crippen LogP contribution < -0.4 is 20.1 Å². The summed E-state index contributed by atoms with van der Waals surface area (Å²) in [5.74, 6) is 1.00. The van der Waals surface area contributed by atoms with E-state index < -0.39 is 0 Å². The Morgan fingerprint density at radius 1 is 1.00 bits per heavy atom. The highest BCUT2D eigenvalue weighted by Crippen LogP contribution is 2.30. The minimum absolute atomic E-state index is 0.137. The monoisotopic (exact) mass is 413 g/mol. The van der Waals surface area contributed by atoms with E-state index in [0.717, 1.165) is 15.8 Å². The van der Waals surface area contributed by atoms with Crippen molar-refractivity contribution >= 4 is 44.2 Å². The Bertz CT molecular complexity index is 1030. The van der Waals surface area contributed by atoms with Gasteiger partial charge in [0.15, 0.2) is 16.6 Å². The zero-order chi connectivity index (χ0) is 20.8. The van der Waals surface area contributed by atoms with Gasteiger partial charge in [-0.1, -0.05) is 17.4 Å². The second-order valence-corrected chi connectivity index (χ2v) is 7.29. The molecule has 0 aliphatic carbocycles. The first kappa shape index (κ1) is 20.6. The molecule has 0 aliphatic heterocycles. The maximum atomic E-state index is 12.5. The number of nitrogens with zero attached hydrogens (tertiary/aromatic N) is 1. The lowest BCUT2D eigenvalue weighted by atomic mass is 10.1. The molecule has 8 heteroatoms. The molecule has 0 fully saturated rings. The van der Waals surface area contributed by atoms with Crippen molar-refractivity contribution in [3.05, 3.63) is 42.0 Å². The average molecular weight is 413 g/mol. The van der Waals surface area contributed by atoms with E-state index in [-0.39, 0.29) is 18.2 Å². The molecular weight excluding hydrogens is 390 g/mol. The fraction of sp³-hybridized carbons (Fsp3) is 0.286. The molecule has 0 spiro atoms. The molecule has 1 aromatic heterocycles. The van der Waals surface area contributed by atoms with Crippen molar-refractivity contribution in [1.82, 2.24) is 4.98 Å². The number of hydrogen-bond acceptors (Lipinski definition) is 6. The molecule has 0 unspecified atom stereocenters. The van der Waals surface area contributed by atoms with Gasteiger partial charge in [-0.25, -0.2) is 4.98 Å². The van der Waals surface area contributed by atoms with Gasteiger partial charge in [-0.05, 0) is 49.7 Å². The van der Waals surface area contributed by atoms with Crippen molar-refractivity contribution in [1.29, 1.82) is 0 Å². The number of benzene rings is 2. The molecule has 29 heavy (non-hydrogen) atoms. The minimum Gasteiger partial charge on any atom is -0.490 e. The van der Waals surface area contributed by atoms with Gasteiger partial charge >= 0.3 is 0 Å². The summed E-state index contributed by atoms with van der Waals surface area (Å²) in [5, 5.41) is 6.12. The Labute approximate surface area is 173 Å². The molecule has 2 N–H and O–H groups in total. The SMILES string of the molecule is CCOc1ccc(CC(=O)Nc2ccc3nc(NC(C)=O)sc3c2)cc1OCC. The summed E-state index contributed by atoms with van der Waals surface area (Å²) in [6.07, 6.45) is 0.213. The summed E-state index contributed by atoms with van der Waals surface area (Å²) in [7, 11) is 0. The van der Waals surface area contributed by atoms with Crippen LogP contribution in [-0.4, -0.2) is 30.0 Å². The van der Waals surface area contributed by atoms with Crippen molar-refractivity contribution in [2.75, 3.05) is 23.8 Å². The predicted octanol–water partition coefficient (Wildman–Crippen LogP) is 4.23. The molecular formula is C21H23N3O4S. The fourth-order valence-corrected chi connectivity index (χ4v) is 3.75. The molecule has 2 aromatic carbocycles. The zero-order valence-electron chi connectivity index (χ0n) is 16.6. The number of carbonyl (C=O) groups is 2. The van der Waals surface area contributed by atoms with Gasteiger partial charge in [0.2, 0.25) is 11.8 Å². The van der Waals surface area contributed by atoms with E-state index in [9.17, 15) is 9.59 Å². The van der Waals surface area contributed by atoms with Crippen molar-refractivity contribution in [3.63, 3.8) is 0 Å². The summed E-state index contributed by atoms with van der Waals surface area (Å²) in [4.78, 5) is 28.0. The zero-order valence-corrected chi connectivity index (χ0v) is 17.4. The van der Waals surface area contributed by atoms with Crippen LogP contribution in [0.3, 0.4) is 0 Å². The number of carbonyl (C=O) groups excluding carboxylic acids is 2. The number of rotatable bonds is 8. The Balaban J connectivity index is 1.70. The highest BCUT2D eigenvalue weighted by molar-refractivity contribution is 7.22. The fourth-order valence-electron chi connectivity index (χ4n) is 2.80. The summed E-state index contributed by atoms with van der Waals surface area (Å²) in [5.41, 5.74) is 2.28. The van der Waals surface area contributed by atoms with Gasteiger partial charge in [0.05, 0.1) is 29.9 Å². The van der Waals surface area contributed by atoms with Crippen LogP contribution in [0.5, 0.6) is 11.5 Å². The van der Waals surface area contributed by atoms with Crippen LogP contribution in [0.2, 0.25) is 0 Å². The maximum Gasteiger partial charge on any atom is 0.228 e. The number of ether oxygens (including phenoxy) is 2. The third-order valence-corrected chi connectivity index (χ3v) is 4.86. The van der Waals surface area contributed by atoms with Gasteiger partial charge < -0.3 is 20.1 Å². The van der Waals surface area contributed by atoms with Gasteiger partial charge in [0, 0.05) is 12.6 Å². The average Bonchev–Trinajstić information content (AvgIpc) is 3.04. The summed E-state index contributed by atoms with van der Waals surface area (Å²) in [6.45, 7) is 6.32. The molecule has 0 aliphatic rings. The molecule has 152 valence electrons. The molecule has 3 rings (SSSR count). The maximum absolute atomic E-state index is 12.5. The van der Waals surface area contributed by atoms with E-state index in [0.29, 0.717) is 35.5 Å². The topological polar surface area (TPSA) is 89.5 Å². The lowest BCUT2D eigenvalue weighted by Gasteiger charge is -2.12. The van der Waals surface area contributed by atoms with E-state index in [4.69, 9.17) is 9.47 Å². The number of anilines is 2. The third kappa shape index (κ3) is 5.45. The molecule has 2 amide bonds. The third-order valence-electron chi connectivity index (χ3n) is 3.93. The summed E-state index contributed by atoms with van der Waals surface area (Å²) >= 11 is 1.36. The van der Waals surface area contributed by atoms with E-state index in [2.05, 4.69) is 15.6 Å². The van der Waals surface area contributed by atoms with E-state index in [1.54, 1.807) is 6.07 Å². The van der Waals surface area contributed by atoms with E-state index in [1.165, 1.54) is 18.3 Å². The number of amides is 2. The molecule has 1 heterocycles. The molecule has 0 radical (unpaired) electrons. The predicted molar refractivity (Wildman–Crippen MR) is 115 cm³/mol. The van der Waals surface area contributed by atoms with E-state index >= 15 is 0 Å². The number of hydrogen-bond donors (Lipinski definition) is 2. The lowest BCUT2D eigenvalue weighted by Crippen LogP contribution is -2.14. The van der Waals surface area contributed by atoms with Crippen LogP contribution in [-0.2, 0) is 16.0 Å². The van der Waals surface area contributed by atoms with Gasteiger partial charge in [-0.15, -0.1) is 0 Å². The molecule has 0 atom stereocenters. The summed E-state index contributed by atoms with van der Waals surface area (Å²) < 4.78 is 12.1. The van der Waals surface area contributed by atoms with Gasteiger partial charge in [0.25, 0.3) is 0 Å². The molecule has 7 nitrogen and oxygen atoms in total. The van der Waals surface area contributed by atoms with Crippen LogP contribution in [0.1, 0.15) is 26.3 Å². The molecule has 3 aromatic rings. The van der Waals surface area contributed by atoms with Crippen LogP contribution in [0.4, 0.5) is 10.8 Å². The van der Waals surface area contributed by atoms with Crippen LogP contribution in [0.25, 0.3) is 10.2 Å². The van der Waals surface area contributed by atoms with Crippen molar-refractivity contribution < 1.29 is 19.1 Å². The first-order chi connectivity index (χ1) is 14.0. The lowest BCUT2D eigenvalue weighted by molar-refractivity contribution is -0.116. The minimum atomic E-state index is -0.167. The van der Waals surface area contributed by atoms with Crippen LogP contribution in [0.15, 0.2) is 36.4 Å². The second kappa shape index (κ2) is 9.38. The highest BCUT2D eigenvalue weighted by Gasteiger charge is 2.11. The Morgan fingerprint density at radius 2 is 1.76 bits per heavy atom. The second-order valence-electron chi connectivity index (χ2n) is 6.25. The highest BCUT2D eigenvalue weighted by atomic mass is 32.1. The number of aromatic nitrogens is 1. The van der Waals surface area contributed by atoms with Gasteiger partial charge in [-0.2, -0.15) is 0 Å². The van der Waals surface area contributed by atoms with Crippen LogP contribution in [0, 0.1) is 0 Å². The number of fused-ring (bicyclic) bond motifs is 1. The standard InChI is InChI=1S/C21H23N3O4S/c1-4-27-17-9-6-14(10-18(17)28-5-2)11-20(26)23-15-7-8-16-19(12-15)29-21(24-16)22-13(3)25/h6-10,12H,4-5,11H2,1-3H3,(H,23,26)(H,22,24,25). The summed E-state index contributed by atoms with van der Waals surface area (Å²) in [6, 6.07) is 11.0. The first-order valence-corrected chi connectivity index (χ1v) is 10.2. The number of nitrogens with one attached hydrogen (secondary N) is 2. The number of thiazole rings is 1. The molecule has 0 saturated heterocycles. The smallest absolute Gasteiger partial charge is 0.228 e. The van der Waals surface area contributed by atoms with Crippen LogP contribution >= 0.6 is 11.3 Å². The van der Waals surface area contributed by atoms with Crippen molar-refractivity contribution in [3.8, 4) is 11.5 Å². The Hall–Kier alpha value is -3.13. The molecule has 0 saturated carbocycles. The van der Waals surface area contributed by atoms with Crippen molar-refractivity contribution in [2.24, 2.45) is 0 Å². The van der Waals surface area contributed by atoms with Gasteiger partial charge in [0.1, 0.15) is 0 Å². The Kier molecular flexibility index (Phi) is 6.66. The largest absolute Gasteiger partial charge is 0.490 e.